The zero-order valence-corrected chi connectivity index (χ0v) is 17.9. The van der Waals surface area contributed by atoms with Gasteiger partial charge in [-0.15, -0.1) is 11.3 Å². The smallest absolute Gasteiger partial charge is 0.341 e. The van der Waals surface area contributed by atoms with E-state index in [1.165, 1.54) is 14.0 Å². The van der Waals surface area contributed by atoms with Crippen molar-refractivity contribution >= 4 is 45.7 Å². The molecule has 0 fully saturated rings. The Morgan fingerprint density at radius 2 is 1.67 bits per heavy atom. The van der Waals surface area contributed by atoms with Crippen molar-refractivity contribution in [3.8, 4) is 0 Å². The third-order valence-corrected chi connectivity index (χ3v) is 5.60. The molecule has 0 unspecified atom stereocenters. The summed E-state index contributed by atoms with van der Waals surface area (Å²) < 4.78 is 9.92. The summed E-state index contributed by atoms with van der Waals surface area (Å²) in [6.07, 6.45) is 0. The Morgan fingerprint density at radius 1 is 1.00 bits per heavy atom. The lowest BCUT2D eigenvalue weighted by molar-refractivity contribution is -0.132. The molecule has 0 saturated carbocycles. The fourth-order valence-electron chi connectivity index (χ4n) is 2.60. The van der Waals surface area contributed by atoms with E-state index in [9.17, 15) is 19.2 Å². The topological polar surface area (TPSA) is 137 Å². The minimum absolute atomic E-state index is 0.00447. The molecular weight excluding hydrogens is 410 g/mol. The molecule has 0 bridgehead atoms. The summed E-state index contributed by atoms with van der Waals surface area (Å²) in [6, 6.07) is 5.31. The number of carbonyl (C=O) groups is 4. The van der Waals surface area contributed by atoms with Gasteiger partial charge in [0.05, 0.1) is 17.0 Å². The van der Waals surface area contributed by atoms with Crippen LogP contribution in [0, 0.1) is 20.8 Å². The summed E-state index contributed by atoms with van der Waals surface area (Å²) in [5.41, 5.74) is 7.85. The number of anilines is 2. The largest absolute Gasteiger partial charge is 0.460 e. The van der Waals surface area contributed by atoms with Crippen molar-refractivity contribution in [1.29, 1.82) is 0 Å². The van der Waals surface area contributed by atoms with Gasteiger partial charge in [0.25, 0.3) is 5.91 Å². The van der Waals surface area contributed by atoms with E-state index in [-0.39, 0.29) is 34.2 Å². The summed E-state index contributed by atoms with van der Waals surface area (Å²) in [4.78, 5) is 49.0. The van der Waals surface area contributed by atoms with Crippen LogP contribution < -0.4 is 16.4 Å². The van der Waals surface area contributed by atoms with Crippen LogP contribution in [0.25, 0.3) is 0 Å². The molecule has 0 aliphatic rings. The molecule has 0 aliphatic carbocycles. The Morgan fingerprint density at radius 3 is 2.30 bits per heavy atom. The molecule has 10 heteroatoms. The molecule has 0 radical (unpaired) electrons. The lowest BCUT2D eigenvalue weighted by Gasteiger charge is -2.11. The molecule has 0 atom stereocenters. The number of aryl methyl sites for hydroxylation is 1. The number of carbonyl (C=O) groups excluding carboxylic acids is 4. The molecule has 3 amide bonds. The SMILES string of the molecule is COCCOC(=O)c1c(NC(=O)C(=O)Nc2cccc(C)c2C)sc(C(N)=O)c1C. The summed E-state index contributed by atoms with van der Waals surface area (Å²) in [7, 11) is 1.45. The third kappa shape index (κ3) is 5.22. The molecule has 2 aromatic rings. The van der Waals surface area contributed by atoms with Crippen LogP contribution in [0.3, 0.4) is 0 Å². The summed E-state index contributed by atoms with van der Waals surface area (Å²) in [6.45, 7) is 5.37. The highest BCUT2D eigenvalue weighted by molar-refractivity contribution is 7.18. The summed E-state index contributed by atoms with van der Waals surface area (Å²) in [5, 5.41) is 4.92. The average Bonchev–Trinajstić information content (AvgIpc) is 3.01. The third-order valence-electron chi connectivity index (χ3n) is 4.38. The number of hydrogen-bond donors (Lipinski definition) is 3. The highest BCUT2D eigenvalue weighted by atomic mass is 32.1. The van der Waals surface area contributed by atoms with Crippen molar-refractivity contribution in [2.45, 2.75) is 20.8 Å². The molecule has 4 N–H and O–H groups in total. The molecule has 160 valence electrons. The molecular formula is C20H23N3O6S. The number of ether oxygens (including phenoxy) is 2. The fourth-order valence-corrected chi connectivity index (χ4v) is 3.64. The van der Waals surface area contributed by atoms with Crippen LogP contribution in [0.2, 0.25) is 0 Å². The Labute approximate surface area is 177 Å². The van der Waals surface area contributed by atoms with E-state index in [0.717, 1.165) is 22.5 Å². The van der Waals surface area contributed by atoms with Gasteiger partial charge in [0, 0.05) is 12.8 Å². The number of nitrogens with two attached hydrogens (primary N) is 1. The van der Waals surface area contributed by atoms with Gasteiger partial charge in [0.2, 0.25) is 0 Å². The number of rotatable bonds is 7. The van der Waals surface area contributed by atoms with Gasteiger partial charge in [-0.05, 0) is 43.5 Å². The Bertz CT molecular complexity index is 999. The quantitative estimate of drug-likeness (QED) is 0.348. The van der Waals surface area contributed by atoms with Gasteiger partial charge in [-0.25, -0.2) is 4.79 Å². The van der Waals surface area contributed by atoms with Crippen LogP contribution in [0.15, 0.2) is 18.2 Å². The maximum absolute atomic E-state index is 12.4. The van der Waals surface area contributed by atoms with Gasteiger partial charge in [-0.3, -0.25) is 14.4 Å². The number of methoxy groups -OCH3 is 1. The Kier molecular flexibility index (Phi) is 7.67. The second-order valence-corrected chi connectivity index (χ2v) is 7.43. The molecule has 0 saturated heterocycles. The molecule has 1 aromatic heterocycles. The van der Waals surface area contributed by atoms with E-state index in [1.54, 1.807) is 12.1 Å². The van der Waals surface area contributed by atoms with E-state index in [0.29, 0.717) is 5.69 Å². The predicted octanol–water partition coefficient (Wildman–Crippen LogP) is 2.15. The molecule has 30 heavy (non-hydrogen) atoms. The van der Waals surface area contributed by atoms with E-state index < -0.39 is 23.7 Å². The van der Waals surface area contributed by atoms with Gasteiger partial charge < -0.3 is 25.8 Å². The second kappa shape index (κ2) is 9.99. The first-order valence-electron chi connectivity index (χ1n) is 8.95. The first-order chi connectivity index (χ1) is 14.2. The van der Waals surface area contributed by atoms with E-state index >= 15 is 0 Å². The number of hydrogen-bond acceptors (Lipinski definition) is 7. The van der Waals surface area contributed by atoms with E-state index in [4.69, 9.17) is 15.2 Å². The zero-order chi connectivity index (χ0) is 22.4. The van der Waals surface area contributed by atoms with Gasteiger partial charge >= 0.3 is 17.8 Å². The predicted molar refractivity (Wildman–Crippen MR) is 113 cm³/mol. The second-order valence-electron chi connectivity index (χ2n) is 6.41. The van der Waals surface area contributed by atoms with Crippen LogP contribution in [-0.2, 0) is 19.1 Å². The summed E-state index contributed by atoms with van der Waals surface area (Å²) >= 11 is 0.801. The summed E-state index contributed by atoms with van der Waals surface area (Å²) in [5.74, 6) is -3.45. The van der Waals surface area contributed by atoms with E-state index in [1.807, 2.05) is 19.9 Å². The number of nitrogens with one attached hydrogen (secondary N) is 2. The van der Waals surface area contributed by atoms with E-state index in [2.05, 4.69) is 10.6 Å². The van der Waals surface area contributed by atoms with Crippen molar-refractivity contribution in [1.82, 2.24) is 0 Å². The monoisotopic (exact) mass is 433 g/mol. The van der Waals surface area contributed by atoms with Crippen LogP contribution in [0.4, 0.5) is 10.7 Å². The molecule has 2 rings (SSSR count). The molecule has 1 aromatic carbocycles. The number of thiophene rings is 1. The van der Waals surface area contributed by atoms with Gasteiger partial charge in [-0.1, -0.05) is 12.1 Å². The minimum atomic E-state index is -1.00. The van der Waals surface area contributed by atoms with Crippen molar-refractivity contribution in [3.63, 3.8) is 0 Å². The highest BCUT2D eigenvalue weighted by Gasteiger charge is 2.27. The first-order valence-corrected chi connectivity index (χ1v) is 9.76. The van der Waals surface area contributed by atoms with Crippen LogP contribution in [-0.4, -0.2) is 44.0 Å². The maximum Gasteiger partial charge on any atom is 0.341 e. The van der Waals surface area contributed by atoms with Gasteiger partial charge in [0.15, 0.2) is 0 Å². The van der Waals surface area contributed by atoms with Crippen LogP contribution >= 0.6 is 11.3 Å². The lowest BCUT2D eigenvalue weighted by Crippen LogP contribution is -2.29. The fraction of sp³-hybridized carbons (Fsp3) is 0.300. The van der Waals surface area contributed by atoms with Crippen LogP contribution in [0.5, 0.6) is 0 Å². The number of amides is 3. The van der Waals surface area contributed by atoms with Crippen molar-refractivity contribution in [2.24, 2.45) is 5.73 Å². The number of primary amides is 1. The Balaban J connectivity index is 2.25. The van der Waals surface area contributed by atoms with Crippen LogP contribution in [0.1, 0.15) is 36.7 Å². The maximum atomic E-state index is 12.4. The zero-order valence-electron chi connectivity index (χ0n) is 17.1. The molecule has 0 aliphatic heterocycles. The van der Waals surface area contributed by atoms with Crippen molar-refractivity contribution < 1.29 is 28.7 Å². The first kappa shape index (κ1) is 23.0. The van der Waals surface area contributed by atoms with Crippen molar-refractivity contribution in [2.75, 3.05) is 31.0 Å². The molecule has 0 spiro atoms. The van der Waals surface area contributed by atoms with Gasteiger partial charge in [-0.2, -0.15) is 0 Å². The standard InChI is InChI=1S/C20H23N3O6S/c1-10-6-5-7-13(11(10)2)22-17(25)18(26)23-19-14(20(27)29-9-8-28-4)12(3)15(30-19)16(21)24/h5-7H,8-9H2,1-4H3,(H2,21,24)(H,22,25)(H,23,26). The molecule has 9 nitrogen and oxygen atoms in total. The van der Waals surface area contributed by atoms with Crippen molar-refractivity contribution in [3.05, 3.63) is 45.3 Å². The molecule has 1 heterocycles. The number of benzene rings is 1. The normalized spacial score (nSPS) is 10.4. The van der Waals surface area contributed by atoms with Gasteiger partial charge in [0.1, 0.15) is 11.6 Å². The number of esters is 1. The highest BCUT2D eigenvalue weighted by Crippen LogP contribution is 2.33. The Hall–Kier alpha value is -3.24. The minimum Gasteiger partial charge on any atom is -0.460 e. The average molecular weight is 433 g/mol. The lowest BCUT2D eigenvalue weighted by atomic mass is 10.1.